The van der Waals surface area contributed by atoms with Gasteiger partial charge < -0.3 is 29.6 Å². The van der Waals surface area contributed by atoms with Crippen molar-refractivity contribution in [2.45, 2.75) is 0 Å². The fourth-order valence-corrected chi connectivity index (χ4v) is 2.05. The SMILES string of the molecule is Fc1cccc(F)c1.Fc1cccc(F)c1.[Bi+3].[O-]B(O)On1cccn1.[O-]B([O-])On1cccn1.c1ccncc1. The van der Waals surface area contributed by atoms with E-state index in [1.165, 1.54) is 61.2 Å². The molecule has 18 heteroatoms. The van der Waals surface area contributed by atoms with Crippen LogP contribution in [0.2, 0.25) is 0 Å². The molecule has 2 aromatic carbocycles. The van der Waals surface area contributed by atoms with Crippen LogP contribution >= 0.6 is 0 Å². The van der Waals surface area contributed by atoms with Crippen LogP contribution in [0.25, 0.3) is 0 Å². The molecule has 0 aliphatic heterocycles. The Balaban J connectivity index is 0.000000488. The quantitative estimate of drug-likeness (QED) is 0.185. The Kier molecular flexibility index (Phi) is 20.8. The second kappa shape index (κ2) is 22.9. The summed E-state index contributed by atoms with van der Waals surface area (Å²) in [6, 6.07) is 17.9. The second-order valence-corrected chi connectivity index (χ2v) is 6.53. The van der Waals surface area contributed by atoms with Gasteiger partial charge in [-0.3, -0.25) is 4.98 Å². The molecule has 0 fully saturated rings. The summed E-state index contributed by atoms with van der Waals surface area (Å²) >= 11 is 0. The molecule has 0 spiro atoms. The first-order valence-corrected chi connectivity index (χ1v) is 10.8. The number of hydrogen-bond acceptors (Lipinski definition) is 9. The molecular formula is C23H20B2BiF4N5O6. The summed E-state index contributed by atoms with van der Waals surface area (Å²) in [5.41, 5.74) is 0. The van der Waals surface area contributed by atoms with Gasteiger partial charge >= 0.3 is 33.5 Å². The summed E-state index contributed by atoms with van der Waals surface area (Å²) in [6.45, 7) is 0. The first kappa shape index (κ1) is 37.2. The van der Waals surface area contributed by atoms with Crippen LogP contribution in [0.15, 0.2) is 116 Å². The van der Waals surface area contributed by atoms with Gasteiger partial charge in [0.25, 0.3) is 0 Å². The average molecular weight is 769 g/mol. The van der Waals surface area contributed by atoms with Crippen LogP contribution in [-0.2, 0) is 0 Å². The summed E-state index contributed by atoms with van der Waals surface area (Å²) in [4.78, 5) is 5.50. The second-order valence-electron chi connectivity index (χ2n) is 6.53. The minimum atomic E-state index is -2.31. The Morgan fingerprint density at radius 3 is 1.24 bits per heavy atom. The summed E-state index contributed by atoms with van der Waals surface area (Å²) in [5, 5.41) is 44.4. The minimum absolute atomic E-state index is 0. The van der Waals surface area contributed by atoms with Gasteiger partial charge in [-0.25, -0.2) is 17.6 Å². The summed E-state index contributed by atoms with van der Waals surface area (Å²) < 4.78 is 55.9. The predicted molar refractivity (Wildman–Crippen MR) is 134 cm³/mol. The topological polar surface area (TPSA) is 156 Å². The molecule has 11 nitrogen and oxygen atoms in total. The molecule has 0 saturated heterocycles. The monoisotopic (exact) mass is 769 g/mol. The van der Waals surface area contributed by atoms with Gasteiger partial charge in [0.1, 0.15) is 23.3 Å². The number of halogens is 4. The Hall–Kier alpha value is -3.82. The molecule has 3 heterocycles. The molecule has 2 radical (unpaired) electrons. The summed E-state index contributed by atoms with van der Waals surface area (Å²) in [6.07, 6.45) is 9.11. The zero-order chi connectivity index (χ0) is 29.6. The van der Waals surface area contributed by atoms with Gasteiger partial charge in [0.15, 0.2) is 7.32 Å². The third-order valence-corrected chi connectivity index (χ3v) is 3.49. The van der Waals surface area contributed by atoms with Crippen LogP contribution in [0, 0.1) is 23.3 Å². The molecular weight excluding hydrogens is 749 g/mol. The van der Waals surface area contributed by atoms with E-state index in [1.807, 2.05) is 18.2 Å². The smallest absolute Gasteiger partial charge is 0.858 e. The Morgan fingerprint density at radius 1 is 0.610 bits per heavy atom. The number of benzene rings is 2. The van der Waals surface area contributed by atoms with E-state index in [2.05, 4.69) is 24.7 Å². The number of aromatic nitrogens is 5. The van der Waals surface area contributed by atoms with Crippen LogP contribution in [0.3, 0.4) is 0 Å². The maximum absolute atomic E-state index is 11.9. The zero-order valence-electron chi connectivity index (χ0n) is 20.8. The maximum Gasteiger partial charge on any atom is 3.00 e. The van der Waals surface area contributed by atoms with Gasteiger partial charge in [-0.1, -0.05) is 18.2 Å². The largest absolute Gasteiger partial charge is 3.00 e. The van der Waals surface area contributed by atoms with E-state index in [4.69, 9.17) is 5.02 Å². The van der Waals surface area contributed by atoms with Gasteiger partial charge in [-0.05, 0) is 48.5 Å². The molecule has 5 aromatic rings. The molecule has 0 bridgehead atoms. The first-order chi connectivity index (χ1) is 19.2. The standard InChI is InChI=1S/2C6H4F2.C5H5N.C3H4BN2O3.C3H3BN2O3.Bi/c2*7-5-2-1-3-6(8)4-5;1-2-4-6-5-3-1;2*7-4(8)9-6-3-1-2-5-6;/h2*1-4H;1-5H;1-3,7H;1-3H;/q;;;-1;-2;+3. The van der Waals surface area contributed by atoms with Crippen molar-refractivity contribution >= 4 is 40.8 Å². The van der Waals surface area contributed by atoms with Crippen molar-refractivity contribution in [2.75, 3.05) is 0 Å². The van der Waals surface area contributed by atoms with Crippen molar-refractivity contribution in [3.63, 3.8) is 0 Å². The molecule has 41 heavy (non-hydrogen) atoms. The fourth-order valence-electron chi connectivity index (χ4n) is 2.05. The molecule has 5 rings (SSSR count). The minimum Gasteiger partial charge on any atom is -0.858 e. The van der Waals surface area contributed by atoms with E-state index in [1.54, 1.807) is 24.5 Å². The van der Waals surface area contributed by atoms with E-state index in [0.717, 1.165) is 21.8 Å². The van der Waals surface area contributed by atoms with E-state index in [9.17, 15) is 32.6 Å². The van der Waals surface area contributed by atoms with Crippen LogP contribution < -0.4 is 24.6 Å². The third kappa shape index (κ3) is 21.7. The van der Waals surface area contributed by atoms with Crippen LogP contribution in [0.4, 0.5) is 17.6 Å². The van der Waals surface area contributed by atoms with Crippen LogP contribution in [-0.4, -0.2) is 70.7 Å². The van der Waals surface area contributed by atoms with Gasteiger partial charge in [0.05, 0.1) is 24.8 Å². The van der Waals surface area contributed by atoms with Crippen molar-refractivity contribution < 1.29 is 47.2 Å². The van der Waals surface area contributed by atoms with Gasteiger partial charge in [0.2, 0.25) is 0 Å². The summed E-state index contributed by atoms with van der Waals surface area (Å²) in [5.74, 6) is -2.15. The molecule has 212 valence electrons. The fraction of sp³-hybridized carbons (Fsp3) is 0. The number of pyridine rings is 1. The van der Waals surface area contributed by atoms with Gasteiger partial charge in [-0.15, -0.1) is 19.9 Å². The average Bonchev–Trinajstić information content (AvgIpc) is 3.60. The number of rotatable bonds is 4. The van der Waals surface area contributed by atoms with Crippen molar-refractivity contribution in [1.29, 1.82) is 0 Å². The maximum atomic E-state index is 11.9. The van der Waals surface area contributed by atoms with E-state index in [-0.39, 0.29) is 26.2 Å². The summed E-state index contributed by atoms with van der Waals surface area (Å²) in [7, 11) is -4.38. The predicted octanol–water partition coefficient (Wildman–Crippen LogP) is -0.703. The molecule has 1 N–H and O–H groups in total. The van der Waals surface area contributed by atoms with Gasteiger partial charge in [0, 0.05) is 24.5 Å². The van der Waals surface area contributed by atoms with Crippen LogP contribution in [0.5, 0.6) is 0 Å². The van der Waals surface area contributed by atoms with Crippen LogP contribution in [0.1, 0.15) is 0 Å². The Morgan fingerprint density at radius 2 is 1.02 bits per heavy atom. The van der Waals surface area contributed by atoms with E-state index < -0.39 is 37.9 Å². The van der Waals surface area contributed by atoms with Crippen molar-refractivity contribution in [2.24, 2.45) is 0 Å². The molecule has 0 unspecified atom stereocenters. The molecule has 0 aliphatic carbocycles. The molecule has 0 aliphatic rings. The molecule has 3 aromatic heterocycles. The third-order valence-electron chi connectivity index (χ3n) is 3.49. The number of hydrogen-bond donors (Lipinski definition) is 1. The number of nitrogens with zero attached hydrogens (tertiary/aromatic N) is 5. The van der Waals surface area contributed by atoms with E-state index >= 15 is 0 Å². The first-order valence-electron chi connectivity index (χ1n) is 10.8. The zero-order valence-corrected chi connectivity index (χ0v) is 24.3. The van der Waals surface area contributed by atoms with Gasteiger partial charge in [-0.2, -0.15) is 0 Å². The molecule has 0 atom stereocenters. The van der Waals surface area contributed by atoms with Crippen molar-refractivity contribution in [3.05, 3.63) is 139 Å². The molecule has 0 saturated carbocycles. The van der Waals surface area contributed by atoms with Crippen molar-refractivity contribution in [1.82, 2.24) is 24.9 Å². The molecule has 0 amide bonds. The van der Waals surface area contributed by atoms with Crippen molar-refractivity contribution in [3.8, 4) is 0 Å². The Labute approximate surface area is 251 Å². The van der Waals surface area contributed by atoms with E-state index in [0.29, 0.717) is 0 Å². The normalized spacial score (nSPS) is 8.78. The Bertz CT molecular complexity index is 1140.